The van der Waals surface area contributed by atoms with E-state index in [4.69, 9.17) is 0 Å². The van der Waals surface area contributed by atoms with Crippen LogP contribution in [0.15, 0.2) is 42.5 Å². The van der Waals surface area contributed by atoms with Gasteiger partial charge in [-0.05, 0) is 54.5 Å². The Morgan fingerprint density at radius 1 is 0.714 bits per heavy atom. The van der Waals surface area contributed by atoms with Gasteiger partial charge in [0.2, 0.25) is 0 Å². The van der Waals surface area contributed by atoms with Crippen LogP contribution in [0.2, 0.25) is 0 Å². The van der Waals surface area contributed by atoms with Crippen LogP contribution in [-0.4, -0.2) is 0 Å². The van der Waals surface area contributed by atoms with E-state index >= 15 is 0 Å². The van der Waals surface area contributed by atoms with E-state index < -0.39 is 0 Å². The fourth-order valence-electron chi connectivity index (χ4n) is 2.99. The molecule has 0 amide bonds. The van der Waals surface area contributed by atoms with Crippen LogP contribution >= 0.6 is 0 Å². The molecule has 0 unspecified atom stereocenters. The highest BCUT2D eigenvalue weighted by atomic mass is 14.1. The van der Waals surface area contributed by atoms with Crippen LogP contribution in [0.4, 0.5) is 0 Å². The largest absolute Gasteiger partial charge is 0.0654 e. The first-order chi connectivity index (χ1) is 10.2. The molecular weight excluding hydrogens is 252 g/mol. The zero-order valence-corrected chi connectivity index (χ0v) is 13.8. The van der Waals surface area contributed by atoms with Gasteiger partial charge in [0.1, 0.15) is 0 Å². The molecule has 0 aliphatic carbocycles. The van der Waals surface area contributed by atoms with Crippen LogP contribution in [0.3, 0.4) is 0 Å². The monoisotopic (exact) mass is 280 g/mol. The summed E-state index contributed by atoms with van der Waals surface area (Å²) in [6.07, 6.45) is 8.00. The highest BCUT2D eigenvalue weighted by Gasteiger charge is 2.05. The number of hydrogen-bond donors (Lipinski definition) is 0. The van der Waals surface area contributed by atoms with E-state index in [1.807, 2.05) is 0 Å². The predicted molar refractivity (Wildman–Crippen MR) is 93.8 cm³/mol. The van der Waals surface area contributed by atoms with Crippen LogP contribution < -0.4 is 0 Å². The zero-order chi connectivity index (χ0) is 15.1. The predicted octanol–water partition coefficient (Wildman–Crippen LogP) is 6.48. The van der Waals surface area contributed by atoms with Gasteiger partial charge < -0.3 is 0 Å². The van der Waals surface area contributed by atoms with E-state index in [2.05, 4.69) is 63.2 Å². The maximum Gasteiger partial charge on any atom is -0.0152 e. The topological polar surface area (TPSA) is 0 Å². The second-order valence-electron chi connectivity index (χ2n) is 6.13. The molecule has 21 heavy (non-hydrogen) atoms. The Morgan fingerprint density at radius 3 is 2.14 bits per heavy atom. The lowest BCUT2D eigenvalue weighted by molar-refractivity contribution is 0.632. The van der Waals surface area contributed by atoms with Gasteiger partial charge in [0.15, 0.2) is 0 Å². The molecule has 0 atom stereocenters. The number of aryl methyl sites for hydroxylation is 3. The summed E-state index contributed by atoms with van der Waals surface area (Å²) in [7, 11) is 0. The summed E-state index contributed by atoms with van der Waals surface area (Å²) in [5.74, 6) is 0. The lowest BCUT2D eigenvalue weighted by Gasteiger charge is -2.11. The summed E-state index contributed by atoms with van der Waals surface area (Å²) in [6, 6.07) is 15.6. The molecule has 0 saturated carbocycles. The number of unbranched alkanes of at least 4 members (excludes halogenated alkanes) is 4. The highest BCUT2D eigenvalue weighted by molar-refractivity contribution is 5.70. The van der Waals surface area contributed by atoms with Crippen LogP contribution in [0.1, 0.15) is 55.7 Å². The van der Waals surface area contributed by atoms with Gasteiger partial charge in [-0.3, -0.25) is 0 Å². The van der Waals surface area contributed by atoms with E-state index in [9.17, 15) is 0 Å². The fraction of sp³-hybridized carbons (Fsp3) is 0.429. The van der Waals surface area contributed by atoms with Crippen molar-refractivity contribution in [2.75, 3.05) is 0 Å². The van der Waals surface area contributed by atoms with Gasteiger partial charge in [-0.25, -0.2) is 0 Å². The van der Waals surface area contributed by atoms with Crippen molar-refractivity contribution < 1.29 is 0 Å². The van der Waals surface area contributed by atoms with E-state index in [0.29, 0.717) is 0 Å². The lowest BCUT2D eigenvalue weighted by Crippen LogP contribution is -1.91. The Bertz CT molecular complexity index is 566. The van der Waals surface area contributed by atoms with E-state index in [-0.39, 0.29) is 0 Å². The van der Waals surface area contributed by atoms with Gasteiger partial charge >= 0.3 is 0 Å². The molecule has 0 heteroatoms. The molecule has 2 rings (SSSR count). The summed E-state index contributed by atoms with van der Waals surface area (Å²) in [4.78, 5) is 0. The molecule has 2 aromatic carbocycles. The molecule has 2 aromatic rings. The summed E-state index contributed by atoms with van der Waals surface area (Å²) in [6.45, 7) is 6.70. The SMILES string of the molecule is CCCCCCCc1ccc(-c2ccccc2C)c(C)c1. The Morgan fingerprint density at radius 2 is 1.43 bits per heavy atom. The lowest BCUT2D eigenvalue weighted by atomic mass is 9.94. The molecular formula is C21H28. The van der Waals surface area contributed by atoms with Crippen molar-refractivity contribution in [3.05, 3.63) is 59.2 Å². The van der Waals surface area contributed by atoms with Crippen molar-refractivity contribution >= 4 is 0 Å². The molecule has 0 aliphatic rings. The Hall–Kier alpha value is -1.56. The van der Waals surface area contributed by atoms with Crippen LogP contribution in [-0.2, 0) is 6.42 Å². The molecule has 0 aliphatic heterocycles. The van der Waals surface area contributed by atoms with Crippen molar-refractivity contribution in [2.24, 2.45) is 0 Å². The zero-order valence-electron chi connectivity index (χ0n) is 13.8. The minimum absolute atomic E-state index is 1.22. The summed E-state index contributed by atoms with van der Waals surface area (Å²) in [5.41, 5.74) is 6.98. The maximum absolute atomic E-state index is 2.38. The Labute approximate surface area is 130 Å². The van der Waals surface area contributed by atoms with Crippen molar-refractivity contribution in [2.45, 2.75) is 59.3 Å². The molecule has 0 radical (unpaired) electrons. The van der Waals surface area contributed by atoms with Crippen molar-refractivity contribution in [3.63, 3.8) is 0 Å². The third kappa shape index (κ3) is 4.46. The average molecular weight is 280 g/mol. The first-order valence-electron chi connectivity index (χ1n) is 8.38. The first kappa shape index (κ1) is 15.8. The molecule has 112 valence electrons. The number of rotatable bonds is 7. The second kappa shape index (κ2) is 8.02. The van der Waals surface area contributed by atoms with E-state index in [1.54, 1.807) is 0 Å². The second-order valence-corrected chi connectivity index (χ2v) is 6.13. The molecule has 0 spiro atoms. The normalized spacial score (nSPS) is 10.8. The molecule has 0 N–H and O–H groups in total. The third-order valence-corrected chi connectivity index (χ3v) is 4.30. The van der Waals surface area contributed by atoms with Gasteiger partial charge in [0.25, 0.3) is 0 Å². The first-order valence-corrected chi connectivity index (χ1v) is 8.38. The minimum atomic E-state index is 1.22. The van der Waals surface area contributed by atoms with Gasteiger partial charge in [0, 0.05) is 0 Å². The van der Waals surface area contributed by atoms with Crippen molar-refractivity contribution in [3.8, 4) is 11.1 Å². The van der Waals surface area contributed by atoms with E-state index in [0.717, 1.165) is 0 Å². The minimum Gasteiger partial charge on any atom is -0.0654 e. The third-order valence-electron chi connectivity index (χ3n) is 4.30. The quantitative estimate of drug-likeness (QED) is 0.509. The molecule has 0 saturated heterocycles. The van der Waals surface area contributed by atoms with Gasteiger partial charge in [-0.15, -0.1) is 0 Å². The molecule has 0 fully saturated rings. The van der Waals surface area contributed by atoms with Gasteiger partial charge in [-0.1, -0.05) is 75.1 Å². The maximum atomic E-state index is 2.38. The van der Waals surface area contributed by atoms with E-state index in [1.165, 1.54) is 66.3 Å². The number of hydrogen-bond acceptors (Lipinski definition) is 0. The Balaban J connectivity index is 2.03. The average Bonchev–Trinajstić information content (AvgIpc) is 2.48. The fourth-order valence-corrected chi connectivity index (χ4v) is 2.99. The standard InChI is InChI=1S/C21H28/c1-4-5-6-7-8-12-19-14-15-21(18(3)16-19)20-13-10-9-11-17(20)2/h9-11,13-16H,4-8,12H2,1-3H3. The van der Waals surface area contributed by atoms with Crippen LogP contribution in [0.5, 0.6) is 0 Å². The van der Waals surface area contributed by atoms with Crippen LogP contribution in [0, 0.1) is 13.8 Å². The summed E-state index contributed by atoms with van der Waals surface area (Å²) >= 11 is 0. The molecule has 0 heterocycles. The Kier molecular flexibility index (Phi) is 6.04. The van der Waals surface area contributed by atoms with Crippen molar-refractivity contribution in [1.29, 1.82) is 0 Å². The summed E-state index contributed by atoms with van der Waals surface area (Å²) < 4.78 is 0. The van der Waals surface area contributed by atoms with Crippen molar-refractivity contribution in [1.82, 2.24) is 0 Å². The highest BCUT2D eigenvalue weighted by Crippen LogP contribution is 2.27. The summed E-state index contributed by atoms with van der Waals surface area (Å²) in [5, 5.41) is 0. The number of benzene rings is 2. The van der Waals surface area contributed by atoms with Gasteiger partial charge in [0.05, 0.1) is 0 Å². The molecule has 0 nitrogen and oxygen atoms in total. The van der Waals surface area contributed by atoms with Crippen LogP contribution in [0.25, 0.3) is 11.1 Å². The molecule has 0 bridgehead atoms. The van der Waals surface area contributed by atoms with Gasteiger partial charge in [-0.2, -0.15) is 0 Å². The molecule has 0 aromatic heterocycles. The smallest absolute Gasteiger partial charge is 0.0152 e.